The van der Waals surface area contributed by atoms with Gasteiger partial charge >= 0.3 is 18.0 Å². The van der Waals surface area contributed by atoms with Gasteiger partial charge in [0.05, 0.1) is 6.61 Å². The Hall–Kier alpha value is -2.11. The number of hydrogen-bond acceptors (Lipinski definition) is 5. The molecule has 0 aliphatic carbocycles. The molecule has 84 valence electrons. The zero-order chi connectivity index (χ0) is 12.3. The third-order valence-electron chi connectivity index (χ3n) is 0.821. The Morgan fingerprint density at radius 1 is 1.20 bits per heavy atom. The predicted octanol–water partition coefficient (Wildman–Crippen LogP) is 0.530. The fourth-order valence-corrected chi connectivity index (χ4v) is 0.325. The van der Waals surface area contributed by atoms with Gasteiger partial charge in [-0.1, -0.05) is 13.2 Å². The summed E-state index contributed by atoms with van der Waals surface area (Å²) in [7, 11) is 0. The molecule has 0 unspecified atom stereocenters. The van der Waals surface area contributed by atoms with Crippen LogP contribution in [0.25, 0.3) is 0 Å². The molecule has 1 amide bonds. The fourth-order valence-electron chi connectivity index (χ4n) is 0.325. The van der Waals surface area contributed by atoms with E-state index in [1.165, 1.54) is 0 Å². The Labute approximate surface area is 87.3 Å². The molecule has 0 aromatic carbocycles. The van der Waals surface area contributed by atoms with Crippen LogP contribution in [0.3, 0.4) is 0 Å². The largest absolute Gasteiger partial charge is 0.450 e. The van der Waals surface area contributed by atoms with Crippen LogP contribution in [0.1, 0.15) is 6.92 Å². The van der Waals surface area contributed by atoms with Crippen molar-refractivity contribution in [2.24, 2.45) is 5.73 Å². The molecule has 6 nitrogen and oxygen atoms in total. The number of carbonyl (C=O) groups excluding carboxylic acids is 3. The molecule has 0 aliphatic rings. The summed E-state index contributed by atoms with van der Waals surface area (Å²) in [5.41, 5.74) is 4.54. The van der Waals surface area contributed by atoms with Gasteiger partial charge < -0.3 is 15.2 Å². The second-order valence-electron chi connectivity index (χ2n) is 1.90. The van der Waals surface area contributed by atoms with Crippen molar-refractivity contribution in [2.75, 3.05) is 6.61 Å². The van der Waals surface area contributed by atoms with Crippen LogP contribution >= 0.6 is 0 Å². The molecule has 0 saturated carbocycles. The standard InChI is InChI=1S/C6H6O3.C3H7NO2/c1-3-5(7)9-6(8)4-2;1-2-6-3(4)5/h3-4H,1-2H2;2H2,1H3,(H2,4,5). The van der Waals surface area contributed by atoms with Gasteiger partial charge in [-0.2, -0.15) is 0 Å². The molecule has 15 heavy (non-hydrogen) atoms. The third-order valence-corrected chi connectivity index (χ3v) is 0.821. The van der Waals surface area contributed by atoms with Crippen molar-refractivity contribution in [3.8, 4) is 0 Å². The molecule has 0 aromatic heterocycles. The minimum Gasteiger partial charge on any atom is -0.450 e. The first-order valence-electron chi connectivity index (χ1n) is 3.90. The highest BCUT2D eigenvalue weighted by molar-refractivity contribution is 5.95. The highest BCUT2D eigenvalue weighted by atomic mass is 16.6. The number of rotatable bonds is 3. The van der Waals surface area contributed by atoms with Gasteiger partial charge in [0.1, 0.15) is 0 Å². The Bertz CT molecular complexity index is 241. The Morgan fingerprint density at radius 3 is 1.73 bits per heavy atom. The van der Waals surface area contributed by atoms with E-state index in [-0.39, 0.29) is 0 Å². The van der Waals surface area contributed by atoms with Crippen molar-refractivity contribution in [1.82, 2.24) is 0 Å². The van der Waals surface area contributed by atoms with Crippen LogP contribution < -0.4 is 5.73 Å². The van der Waals surface area contributed by atoms with Crippen molar-refractivity contribution in [2.45, 2.75) is 6.92 Å². The van der Waals surface area contributed by atoms with E-state index in [0.717, 1.165) is 12.2 Å². The maximum atomic E-state index is 10.2. The highest BCUT2D eigenvalue weighted by Crippen LogP contribution is 1.80. The maximum absolute atomic E-state index is 10.2. The van der Waals surface area contributed by atoms with E-state index in [1.807, 2.05) is 0 Å². The van der Waals surface area contributed by atoms with E-state index in [4.69, 9.17) is 0 Å². The van der Waals surface area contributed by atoms with Crippen LogP contribution in [0.4, 0.5) is 4.79 Å². The SMILES string of the molecule is C=CC(=O)OC(=O)C=C.CCOC(N)=O. The van der Waals surface area contributed by atoms with Crippen molar-refractivity contribution in [1.29, 1.82) is 0 Å². The van der Waals surface area contributed by atoms with Crippen molar-refractivity contribution in [3.05, 3.63) is 25.3 Å². The number of esters is 2. The van der Waals surface area contributed by atoms with E-state index < -0.39 is 18.0 Å². The number of carbonyl (C=O) groups is 3. The molecule has 0 atom stereocenters. The van der Waals surface area contributed by atoms with Gasteiger partial charge in [0.2, 0.25) is 0 Å². The molecule has 0 heterocycles. The zero-order valence-electron chi connectivity index (χ0n) is 8.39. The van der Waals surface area contributed by atoms with E-state index in [1.54, 1.807) is 6.92 Å². The average molecular weight is 215 g/mol. The molecule has 2 N–H and O–H groups in total. The van der Waals surface area contributed by atoms with E-state index in [2.05, 4.69) is 28.4 Å². The minimum atomic E-state index is -0.764. The molecule has 0 saturated heterocycles. The molecular weight excluding hydrogens is 202 g/mol. The van der Waals surface area contributed by atoms with Gasteiger partial charge in [0.15, 0.2) is 0 Å². The summed E-state index contributed by atoms with van der Waals surface area (Å²) in [5, 5.41) is 0. The van der Waals surface area contributed by atoms with Gasteiger partial charge in [-0.3, -0.25) is 0 Å². The summed E-state index contributed by atoms with van der Waals surface area (Å²) < 4.78 is 8.22. The number of primary amides is 1. The van der Waals surface area contributed by atoms with E-state index in [9.17, 15) is 14.4 Å². The smallest absolute Gasteiger partial charge is 0.404 e. The summed E-state index contributed by atoms with van der Waals surface area (Å²) in [5.74, 6) is -1.53. The Morgan fingerprint density at radius 2 is 1.60 bits per heavy atom. The van der Waals surface area contributed by atoms with Crippen molar-refractivity contribution >= 4 is 18.0 Å². The van der Waals surface area contributed by atoms with Crippen LogP contribution in [-0.2, 0) is 19.1 Å². The summed E-state index contributed by atoms with van der Waals surface area (Å²) in [4.78, 5) is 29.9. The molecule has 0 aromatic rings. The maximum Gasteiger partial charge on any atom is 0.404 e. The second kappa shape index (κ2) is 9.97. The average Bonchev–Trinajstić information content (AvgIpc) is 2.18. The van der Waals surface area contributed by atoms with Crippen molar-refractivity contribution < 1.29 is 23.9 Å². The van der Waals surface area contributed by atoms with E-state index in [0.29, 0.717) is 6.61 Å². The first-order chi connectivity index (χ1) is 6.97. The summed E-state index contributed by atoms with van der Waals surface area (Å²) >= 11 is 0. The quantitative estimate of drug-likeness (QED) is 0.421. The first-order valence-corrected chi connectivity index (χ1v) is 3.90. The normalized spacial score (nSPS) is 7.53. The van der Waals surface area contributed by atoms with Crippen LogP contribution in [0.15, 0.2) is 25.3 Å². The molecule has 0 fully saturated rings. The molecule has 0 aliphatic heterocycles. The minimum absolute atomic E-state index is 0.356. The number of hydrogen-bond donors (Lipinski definition) is 1. The monoisotopic (exact) mass is 215 g/mol. The fraction of sp³-hybridized carbons (Fsp3) is 0.222. The van der Waals surface area contributed by atoms with Crippen LogP contribution in [-0.4, -0.2) is 24.6 Å². The molecule has 0 spiro atoms. The topological polar surface area (TPSA) is 95.7 Å². The van der Waals surface area contributed by atoms with Gasteiger partial charge in [-0.25, -0.2) is 14.4 Å². The van der Waals surface area contributed by atoms with Gasteiger partial charge in [-0.05, 0) is 6.92 Å². The molecular formula is C9H13NO5. The third kappa shape index (κ3) is 14.7. The van der Waals surface area contributed by atoms with Gasteiger partial charge in [0, 0.05) is 12.2 Å². The lowest BCUT2D eigenvalue weighted by molar-refractivity contribution is -0.152. The number of amides is 1. The first kappa shape index (κ1) is 15.4. The molecule has 0 rings (SSSR count). The van der Waals surface area contributed by atoms with Crippen LogP contribution in [0.2, 0.25) is 0 Å². The Kier molecular flexibility index (Phi) is 10.2. The lowest BCUT2D eigenvalue weighted by Gasteiger charge is -1.90. The lowest BCUT2D eigenvalue weighted by Crippen LogP contribution is -2.11. The molecule has 0 bridgehead atoms. The van der Waals surface area contributed by atoms with Gasteiger partial charge in [0.25, 0.3) is 0 Å². The lowest BCUT2D eigenvalue weighted by atomic mass is 10.6. The molecule has 6 heteroatoms. The van der Waals surface area contributed by atoms with Gasteiger partial charge in [-0.15, -0.1) is 0 Å². The summed E-state index contributed by atoms with van der Waals surface area (Å²) in [6, 6.07) is 0. The molecule has 0 radical (unpaired) electrons. The summed E-state index contributed by atoms with van der Waals surface area (Å²) in [6.07, 6.45) is 1.10. The van der Waals surface area contributed by atoms with E-state index >= 15 is 0 Å². The van der Waals surface area contributed by atoms with Crippen LogP contribution in [0.5, 0.6) is 0 Å². The van der Waals surface area contributed by atoms with Crippen molar-refractivity contribution in [3.63, 3.8) is 0 Å². The number of ether oxygens (including phenoxy) is 2. The second-order valence-corrected chi connectivity index (χ2v) is 1.90. The zero-order valence-corrected chi connectivity index (χ0v) is 8.39. The van der Waals surface area contributed by atoms with Crippen LogP contribution in [0, 0.1) is 0 Å². The summed E-state index contributed by atoms with van der Waals surface area (Å²) in [6.45, 7) is 8.23. The number of nitrogens with two attached hydrogens (primary N) is 1. The predicted molar refractivity (Wildman–Crippen MR) is 52.7 cm³/mol. The highest BCUT2D eigenvalue weighted by Gasteiger charge is 1.99. The Balaban J connectivity index is 0.